The number of aromatic nitrogens is 2. The first-order chi connectivity index (χ1) is 9.49. The van der Waals surface area contributed by atoms with Crippen molar-refractivity contribution in [3.63, 3.8) is 0 Å². The van der Waals surface area contributed by atoms with Crippen LogP contribution in [0.1, 0.15) is 17.0 Å². The van der Waals surface area contributed by atoms with Crippen LogP contribution in [0.25, 0.3) is 0 Å². The van der Waals surface area contributed by atoms with E-state index in [-0.39, 0.29) is 5.84 Å². The Kier molecular flexibility index (Phi) is 4.20. The van der Waals surface area contributed by atoms with Crippen LogP contribution in [-0.4, -0.2) is 22.9 Å². The fraction of sp³-hybridized carbons (Fsp3) is 0.214. The maximum absolute atomic E-state index is 7.50. The summed E-state index contributed by atoms with van der Waals surface area (Å²) < 4.78 is 0. The maximum atomic E-state index is 7.50. The normalized spacial score (nSPS) is 10.3. The second kappa shape index (κ2) is 5.88. The molecule has 2 aromatic heterocycles. The number of nitrogens with two attached hydrogens (primary N) is 1. The van der Waals surface area contributed by atoms with Crippen molar-refractivity contribution in [3.05, 3.63) is 52.4 Å². The van der Waals surface area contributed by atoms with E-state index in [4.69, 9.17) is 22.7 Å². The number of nitrogens with zero attached hydrogens (tertiary/aromatic N) is 3. The fourth-order valence-electron chi connectivity index (χ4n) is 1.91. The van der Waals surface area contributed by atoms with Crippen molar-refractivity contribution in [2.75, 3.05) is 11.9 Å². The Morgan fingerprint density at radius 1 is 1.40 bits per heavy atom. The minimum Gasteiger partial charge on any atom is -0.384 e. The molecule has 0 spiro atoms. The summed E-state index contributed by atoms with van der Waals surface area (Å²) in [6, 6.07) is 7.50. The Balaban J connectivity index is 2.28. The molecule has 0 aliphatic heterocycles. The van der Waals surface area contributed by atoms with Gasteiger partial charge in [-0.3, -0.25) is 10.4 Å². The predicted molar refractivity (Wildman–Crippen MR) is 81.3 cm³/mol. The number of amidine groups is 1. The number of pyridine rings is 2. The molecular formula is C14H16ClN5. The quantitative estimate of drug-likeness (QED) is 0.669. The van der Waals surface area contributed by atoms with E-state index >= 15 is 0 Å². The molecule has 0 unspecified atom stereocenters. The zero-order chi connectivity index (χ0) is 14.7. The third-order valence-electron chi connectivity index (χ3n) is 2.87. The van der Waals surface area contributed by atoms with Crippen molar-refractivity contribution >= 4 is 23.3 Å². The summed E-state index contributed by atoms with van der Waals surface area (Å²) >= 11 is 6.25. The molecule has 0 saturated heterocycles. The molecular weight excluding hydrogens is 274 g/mol. The van der Waals surface area contributed by atoms with Crippen LogP contribution >= 0.6 is 11.6 Å². The van der Waals surface area contributed by atoms with Gasteiger partial charge in [-0.2, -0.15) is 0 Å². The Hall–Kier alpha value is -2.14. The minimum absolute atomic E-state index is 0.0688. The Morgan fingerprint density at radius 3 is 2.80 bits per heavy atom. The predicted octanol–water partition coefficient (Wildman–Crippen LogP) is 2.36. The summed E-state index contributed by atoms with van der Waals surface area (Å²) in [6.07, 6.45) is 1.60. The van der Waals surface area contributed by atoms with Gasteiger partial charge in [-0.05, 0) is 25.1 Å². The lowest BCUT2D eigenvalue weighted by Crippen LogP contribution is -2.21. The zero-order valence-corrected chi connectivity index (χ0v) is 12.1. The molecule has 20 heavy (non-hydrogen) atoms. The molecule has 0 fully saturated rings. The number of aryl methyl sites for hydroxylation is 1. The number of halogens is 1. The van der Waals surface area contributed by atoms with Crippen molar-refractivity contribution in [3.8, 4) is 0 Å². The third kappa shape index (κ3) is 3.05. The minimum atomic E-state index is -0.0688. The molecule has 2 rings (SSSR count). The number of hydrogen-bond donors (Lipinski definition) is 2. The first kappa shape index (κ1) is 14.3. The van der Waals surface area contributed by atoms with Crippen molar-refractivity contribution in [2.45, 2.75) is 13.5 Å². The van der Waals surface area contributed by atoms with Gasteiger partial charge in [-0.25, -0.2) is 4.98 Å². The van der Waals surface area contributed by atoms with Gasteiger partial charge in [0.05, 0.1) is 17.3 Å². The molecule has 0 saturated carbocycles. The first-order valence-corrected chi connectivity index (χ1v) is 6.49. The Morgan fingerprint density at radius 2 is 2.15 bits per heavy atom. The van der Waals surface area contributed by atoms with E-state index in [2.05, 4.69) is 9.97 Å². The van der Waals surface area contributed by atoms with Gasteiger partial charge in [0.25, 0.3) is 0 Å². The highest BCUT2D eigenvalue weighted by Gasteiger charge is 2.14. The average molecular weight is 290 g/mol. The van der Waals surface area contributed by atoms with Gasteiger partial charge in [0, 0.05) is 24.5 Å². The lowest BCUT2D eigenvalue weighted by molar-refractivity contribution is 0.859. The van der Waals surface area contributed by atoms with E-state index in [1.165, 1.54) is 0 Å². The molecule has 0 bridgehead atoms. The van der Waals surface area contributed by atoms with E-state index in [9.17, 15) is 0 Å². The van der Waals surface area contributed by atoms with Crippen LogP contribution in [0.5, 0.6) is 0 Å². The van der Waals surface area contributed by atoms with Crippen LogP contribution < -0.4 is 10.6 Å². The summed E-state index contributed by atoms with van der Waals surface area (Å²) in [7, 11) is 1.88. The Labute approximate surface area is 122 Å². The highest BCUT2D eigenvalue weighted by Crippen LogP contribution is 2.26. The average Bonchev–Trinajstić information content (AvgIpc) is 2.38. The van der Waals surface area contributed by atoms with Crippen LogP contribution in [0.3, 0.4) is 0 Å². The molecule has 5 nitrogen and oxygen atoms in total. The highest BCUT2D eigenvalue weighted by atomic mass is 35.5. The highest BCUT2D eigenvalue weighted by molar-refractivity contribution is 6.36. The molecule has 0 aromatic carbocycles. The van der Waals surface area contributed by atoms with Crippen molar-refractivity contribution in [1.82, 2.24) is 9.97 Å². The van der Waals surface area contributed by atoms with E-state index in [1.54, 1.807) is 12.3 Å². The van der Waals surface area contributed by atoms with Crippen LogP contribution in [0.2, 0.25) is 5.02 Å². The van der Waals surface area contributed by atoms with Crippen LogP contribution in [-0.2, 0) is 6.54 Å². The van der Waals surface area contributed by atoms with E-state index in [1.807, 2.05) is 37.1 Å². The molecule has 6 heteroatoms. The van der Waals surface area contributed by atoms with E-state index < -0.39 is 0 Å². The van der Waals surface area contributed by atoms with Gasteiger partial charge in [0.15, 0.2) is 0 Å². The second-order valence-corrected chi connectivity index (χ2v) is 4.91. The topological polar surface area (TPSA) is 78.9 Å². The molecule has 0 radical (unpaired) electrons. The van der Waals surface area contributed by atoms with Crippen molar-refractivity contribution in [1.29, 1.82) is 5.41 Å². The molecule has 0 atom stereocenters. The van der Waals surface area contributed by atoms with Gasteiger partial charge in [-0.15, -0.1) is 0 Å². The standard InChI is InChI=1S/C14H16ClN5/c1-9-4-3-5-10(19-9)8-20(2)14-12(15)11(13(16)17)6-7-18-14/h3-7H,8H2,1-2H3,(H3,16,17). The lowest BCUT2D eigenvalue weighted by Gasteiger charge is -2.20. The maximum Gasteiger partial charge on any atom is 0.148 e. The lowest BCUT2D eigenvalue weighted by atomic mass is 10.2. The smallest absolute Gasteiger partial charge is 0.148 e. The third-order valence-corrected chi connectivity index (χ3v) is 3.24. The molecule has 0 aliphatic carbocycles. The molecule has 104 valence electrons. The number of anilines is 1. The number of nitrogen functional groups attached to an aromatic ring is 1. The SMILES string of the molecule is Cc1cccc(CN(C)c2nccc(C(=N)N)c2Cl)n1. The second-order valence-electron chi connectivity index (χ2n) is 4.54. The van der Waals surface area contributed by atoms with Gasteiger partial charge in [0.2, 0.25) is 0 Å². The number of nitrogens with one attached hydrogen (secondary N) is 1. The van der Waals surface area contributed by atoms with Gasteiger partial charge in [-0.1, -0.05) is 17.7 Å². The molecule has 3 N–H and O–H groups in total. The summed E-state index contributed by atoms with van der Waals surface area (Å²) in [5.41, 5.74) is 7.88. The monoisotopic (exact) mass is 289 g/mol. The number of hydrogen-bond acceptors (Lipinski definition) is 4. The molecule has 2 aromatic rings. The number of rotatable bonds is 4. The molecule has 2 heterocycles. The van der Waals surface area contributed by atoms with Crippen molar-refractivity contribution < 1.29 is 0 Å². The molecule has 0 aliphatic rings. The summed E-state index contributed by atoms with van der Waals surface area (Å²) in [4.78, 5) is 10.6. The zero-order valence-electron chi connectivity index (χ0n) is 11.4. The summed E-state index contributed by atoms with van der Waals surface area (Å²) in [6.45, 7) is 2.53. The van der Waals surface area contributed by atoms with E-state index in [0.29, 0.717) is 22.9 Å². The first-order valence-electron chi connectivity index (χ1n) is 6.11. The van der Waals surface area contributed by atoms with Crippen LogP contribution in [0.15, 0.2) is 30.5 Å². The molecule has 0 amide bonds. The largest absolute Gasteiger partial charge is 0.384 e. The summed E-state index contributed by atoms with van der Waals surface area (Å²) in [5.74, 6) is 0.517. The summed E-state index contributed by atoms with van der Waals surface area (Å²) in [5, 5.41) is 7.88. The van der Waals surface area contributed by atoms with Gasteiger partial charge in [0.1, 0.15) is 11.7 Å². The van der Waals surface area contributed by atoms with Crippen molar-refractivity contribution in [2.24, 2.45) is 5.73 Å². The van der Waals surface area contributed by atoms with E-state index in [0.717, 1.165) is 11.4 Å². The van der Waals surface area contributed by atoms with Crippen LogP contribution in [0, 0.1) is 12.3 Å². The van der Waals surface area contributed by atoms with Crippen LogP contribution in [0.4, 0.5) is 5.82 Å². The Bertz CT molecular complexity index is 641. The van der Waals surface area contributed by atoms with Gasteiger partial charge >= 0.3 is 0 Å². The van der Waals surface area contributed by atoms with Gasteiger partial charge < -0.3 is 10.6 Å². The fourth-order valence-corrected chi connectivity index (χ4v) is 2.27.